The van der Waals surface area contributed by atoms with Crippen LogP contribution in [-0.2, 0) is 17.8 Å². The molecule has 0 fully saturated rings. The Kier molecular flexibility index (Phi) is 4.66. The van der Waals surface area contributed by atoms with Crippen LogP contribution in [0.3, 0.4) is 0 Å². The zero-order valence-corrected chi connectivity index (χ0v) is 12.9. The average molecular weight is 309 g/mol. The summed E-state index contributed by atoms with van der Waals surface area (Å²) in [6.45, 7) is 1.74. The molecular formula is C18H19N3O2. The van der Waals surface area contributed by atoms with Crippen LogP contribution in [0.15, 0.2) is 48.8 Å². The van der Waals surface area contributed by atoms with Crippen molar-refractivity contribution in [3.05, 3.63) is 65.5 Å². The predicted molar refractivity (Wildman–Crippen MR) is 86.8 cm³/mol. The fourth-order valence-corrected chi connectivity index (χ4v) is 2.75. The Balaban J connectivity index is 1.48. The molecule has 118 valence electrons. The fraction of sp³-hybridized carbons (Fsp3) is 0.278. The highest BCUT2D eigenvalue weighted by molar-refractivity contribution is 5.94. The van der Waals surface area contributed by atoms with Gasteiger partial charge in [0.2, 0.25) is 5.91 Å². The fourth-order valence-electron chi connectivity index (χ4n) is 2.75. The first-order chi connectivity index (χ1) is 11.2. The number of rotatable bonds is 4. The highest BCUT2D eigenvalue weighted by Crippen LogP contribution is 2.18. The van der Waals surface area contributed by atoms with E-state index in [4.69, 9.17) is 0 Å². The van der Waals surface area contributed by atoms with Crippen molar-refractivity contribution >= 4 is 11.8 Å². The number of carbonyl (C=O) groups excluding carboxylic acids is 2. The maximum absolute atomic E-state index is 12.3. The van der Waals surface area contributed by atoms with E-state index in [1.54, 1.807) is 18.3 Å². The molecule has 0 unspecified atom stereocenters. The summed E-state index contributed by atoms with van der Waals surface area (Å²) in [5.41, 5.74) is 3.04. The number of aromatic nitrogens is 1. The van der Waals surface area contributed by atoms with Gasteiger partial charge in [-0.2, -0.15) is 0 Å². The number of carbonyl (C=O) groups is 2. The van der Waals surface area contributed by atoms with Gasteiger partial charge < -0.3 is 10.2 Å². The average Bonchev–Trinajstić information content (AvgIpc) is 2.61. The van der Waals surface area contributed by atoms with E-state index in [9.17, 15) is 9.59 Å². The van der Waals surface area contributed by atoms with Crippen LogP contribution < -0.4 is 5.32 Å². The number of benzene rings is 1. The second kappa shape index (κ2) is 7.05. The molecule has 23 heavy (non-hydrogen) atoms. The van der Waals surface area contributed by atoms with Crippen LogP contribution in [0.1, 0.15) is 27.9 Å². The van der Waals surface area contributed by atoms with Crippen LogP contribution in [0.4, 0.5) is 0 Å². The molecule has 5 nitrogen and oxygen atoms in total. The summed E-state index contributed by atoms with van der Waals surface area (Å²) < 4.78 is 0. The van der Waals surface area contributed by atoms with Gasteiger partial charge in [0.25, 0.3) is 5.91 Å². The summed E-state index contributed by atoms with van der Waals surface area (Å²) >= 11 is 0. The monoisotopic (exact) mass is 309 g/mol. The van der Waals surface area contributed by atoms with E-state index < -0.39 is 0 Å². The van der Waals surface area contributed by atoms with Gasteiger partial charge in [-0.25, -0.2) is 0 Å². The highest BCUT2D eigenvalue weighted by Gasteiger charge is 2.20. The number of amides is 2. The molecule has 2 aromatic rings. The molecule has 1 N–H and O–H groups in total. The van der Waals surface area contributed by atoms with E-state index in [0.29, 0.717) is 25.1 Å². The van der Waals surface area contributed by atoms with Crippen molar-refractivity contribution < 1.29 is 9.59 Å². The largest absolute Gasteiger partial charge is 0.351 e. The third kappa shape index (κ3) is 3.74. The van der Waals surface area contributed by atoms with E-state index in [-0.39, 0.29) is 11.8 Å². The van der Waals surface area contributed by atoms with Crippen LogP contribution in [-0.4, -0.2) is 34.8 Å². The summed E-state index contributed by atoms with van der Waals surface area (Å²) in [6, 6.07) is 11.6. The van der Waals surface area contributed by atoms with Crippen LogP contribution in [0, 0.1) is 0 Å². The molecule has 5 heteroatoms. The predicted octanol–water partition coefficient (Wildman–Crippen LogP) is 1.79. The van der Waals surface area contributed by atoms with Gasteiger partial charge >= 0.3 is 0 Å². The number of hydrogen-bond donors (Lipinski definition) is 1. The Hall–Kier alpha value is -2.69. The molecule has 2 heterocycles. The first-order valence-electron chi connectivity index (χ1n) is 7.77. The molecule has 0 saturated heterocycles. The summed E-state index contributed by atoms with van der Waals surface area (Å²) in [4.78, 5) is 29.9. The van der Waals surface area contributed by atoms with Crippen LogP contribution in [0.5, 0.6) is 0 Å². The summed E-state index contributed by atoms with van der Waals surface area (Å²) in [7, 11) is 0. The van der Waals surface area contributed by atoms with Gasteiger partial charge in [-0.05, 0) is 29.7 Å². The lowest BCUT2D eigenvalue weighted by molar-refractivity contribution is -0.131. The van der Waals surface area contributed by atoms with Gasteiger partial charge in [0.1, 0.15) is 0 Å². The van der Waals surface area contributed by atoms with E-state index in [1.807, 2.05) is 17.0 Å². The Labute approximate surface area is 135 Å². The highest BCUT2D eigenvalue weighted by atomic mass is 16.2. The Bertz CT molecular complexity index is 700. The number of fused-ring (bicyclic) bond motifs is 1. The maximum atomic E-state index is 12.3. The SMILES string of the molecule is O=C(NCCC(=O)N1CCc2ccccc2C1)c1cccnc1. The van der Waals surface area contributed by atoms with E-state index >= 15 is 0 Å². The molecular weight excluding hydrogens is 290 g/mol. The van der Waals surface area contributed by atoms with Crippen molar-refractivity contribution in [1.29, 1.82) is 0 Å². The minimum Gasteiger partial charge on any atom is -0.351 e. The summed E-state index contributed by atoms with van der Waals surface area (Å²) in [6.07, 6.45) is 4.34. The van der Waals surface area contributed by atoms with E-state index in [0.717, 1.165) is 13.0 Å². The van der Waals surface area contributed by atoms with Crippen LogP contribution in [0.25, 0.3) is 0 Å². The molecule has 2 amide bonds. The van der Waals surface area contributed by atoms with Crippen molar-refractivity contribution in [2.24, 2.45) is 0 Å². The molecule has 1 aliphatic rings. The van der Waals surface area contributed by atoms with E-state index in [2.05, 4.69) is 22.4 Å². The number of pyridine rings is 1. The molecule has 1 aromatic heterocycles. The van der Waals surface area contributed by atoms with Gasteiger partial charge in [-0.1, -0.05) is 24.3 Å². The Morgan fingerprint density at radius 2 is 1.96 bits per heavy atom. The molecule has 1 aliphatic heterocycles. The van der Waals surface area contributed by atoms with Crippen molar-refractivity contribution in [3.8, 4) is 0 Å². The zero-order valence-electron chi connectivity index (χ0n) is 12.9. The van der Waals surface area contributed by atoms with Crippen LogP contribution >= 0.6 is 0 Å². The molecule has 0 radical (unpaired) electrons. The lowest BCUT2D eigenvalue weighted by Crippen LogP contribution is -2.38. The van der Waals surface area contributed by atoms with Crippen molar-refractivity contribution in [1.82, 2.24) is 15.2 Å². The van der Waals surface area contributed by atoms with Gasteiger partial charge in [0.05, 0.1) is 5.56 Å². The molecule has 1 aromatic carbocycles. The van der Waals surface area contributed by atoms with Crippen molar-refractivity contribution in [2.75, 3.05) is 13.1 Å². The number of nitrogens with one attached hydrogen (secondary N) is 1. The maximum Gasteiger partial charge on any atom is 0.252 e. The number of nitrogens with zero attached hydrogens (tertiary/aromatic N) is 2. The summed E-state index contributed by atoms with van der Waals surface area (Å²) in [5.74, 6) is -0.124. The standard InChI is InChI=1S/C18H19N3O2/c22-17(7-10-20-18(23)15-6-3-9-19-12-15)21-11-8-14-4-1-2-5-16(14)13-21/h1-6,9,12H,7-8,10-11,13H2,(H,20,23). The Morgan fingerprint density at radius 3 is 2.74 bits per heavy atom. The topological polar surface area (TPSA) is 62.3 Å². The van der Waals surface area contributed by atoms with Crippen molar-refractivity contribution in [3.63, 3.8) is 0 Å². The molecule has 0 atom stereocenters. The summed E-state index contributed by atoms with van der Waals surface area (Å²) in [5, 5.41) is 2.76. The Morgan fingerprint density at radius 1 is 1.13 bits per heavy atom. The van der Waals surface area contributed by atoms with Gasteiger partial charge in [-0.3, -0.25) is 14.6 Å². The third-order valence-corrected chi connectivity index (χ3v) is 4.03. The molecule has 0 bridgehead atoms. The van der Waals surface area contributed by atoms with Gasteiger partial charge in [-0.15, -0.1) is 0 Å². The minimum atomic E-state index is -0.199. The second-order valence-corrected chi connectivity index (χ2v) is 5.58. The molecule has 3 rings (SSSR count). The lowest BCUT2D eigenvalue weighted by atomic mass is 10.00. The lowest BCUT2D eigenvalue weighted by Gasteiger charge is -2.29. The van der Waals surface area contributed by atoms with Crippen LogP contribution in [0.2, 0.25) is 0 Å². The molecule has 0 saturated carbocycles. The van der Waals surface area contributed by atoms with E-state index in [1.165, 1.54) is 17.3 Å². The minimum absolute atomic E-state index is 0.0750. The normalized spacial score (nSPS) is 13.3. The molecule has 0 aliphatic carbocycles. The molecule has 0 spiro atoms. The van der Waals surface area contributed by atoms with Gasteiger partial charge in [0.15, 0.2) is 0 Å². The zero-order chi connectivity index (χ0) is 16.1. The second-order valence-electron chi connectivity index (χ2n) is 5.58. The third-order valence-electron chi connectivity index (χ3n) is 4.03. The van der Waals surface area contributed by atoms with Crippen molar-refractivity contribution in [2.45, 2.75) is 19.4 Å². The number of hydrogen-bond acceptors (Lipinski definition) is 3. The first kappa shape index (κ1) is 15.2. The van der Waals surface area contributed by atoms with Gasteiger partial charge in [0, 0.05) is 38.4 Å². The first-order valence-corrected chi connectivity index (χ1v) is 7.77. The quantitative estimate of drug-likeness (QED) is 0.936. The smallest absolute Gasteiger partial charge is 0.252 e.